The van der Waals surface area contributed by atoms with E-state index in [2.05, 4.69) is 108 Å². The summed E-state index contributed by atoms with van der Waals surface area (Å²) in [6, 6.07) is 43.6. The second-order valence-electron chi connectivity index (χ2n) is 17.4. The van der Waals surface area contributed by atoms with Gasteiger partial charge in [-0.1, -0.05) is 150 Å². The Balaban J connectivity index is 0.000000262. The molecule has 0 aliphatic heterocycles. The van der Waals surface area contributed by atoms with Crippen molar-refractivity contribution in [1.29, 1.82) is 0 Å². The van der Waals surface area contributed by atoms with Crippen molar-refractivity contribution in [3.05, 3.63) is 173 Å². The fourth-order valence-electron chi connectivity index (χ4n) is 7.07. The van der Waals surface area contributed by atoms with Gasteiger partial charge in [-0.05, 0) is 97.9 Å². The first kappa shape index (κ1) is 36.1. The quantitative estimate of drug-likeness (QED) is 0.106. The summed E-state index contributed by atoms with van der Waals surface area (Å²) in [7, 11) is -1.76. The summed E-state index contributed by atoms with van der Waals surface area (Å²) in [6.07, 6.45) is 0.626. The maximum atomic E-state index is 13.5. The number of thiophene rings is 1. The SMILES string of the molecule is [2H]C([2H])([2H])c1cnc(-c2[c-]cc3sc4cc(-c5cccc(Cc6ccccc6)c5)ccc4c3c2)cc1C([2H])([2H])C(C)(C)C.[2H]C([2H])(c1cc(-c2[c-]ccc(F)c2)ncc1[Si](C)(C)C)C(C)C.[Ir]. The van der Waals surface area contributed by atoms with Gasteiger partial charge in [0.1, 0.15) is 0 Å². The van der Waals surface area contributed by atoms with Crippen LogP contribution in [-0.2, 0) is 39.3 Å². The molecule has 0 fully saturated rings. The third-order valence-corrected chi connectivity index (χ3v) is 12.9. The molecule has 8 rings (SSSR count). The number of nitrogens with zero attached hydrogens (tertiary/aromatic N) is 2. The molecular weight excluding hydrogens is 948 g/mol. The fourth-order valence-corrected chi connectivity index (χ4v) is 9.58. The first-order chi connectivity index (χ1) is 30.8. The maximum absolute atomic E-state index is 13.5. The average Bonchev–Trinajstić information content (AvgIpc) is 3.63. The van der Waals surface area contributed by atoms with E-state index < -0.39 is 33.1 Å². The van der Waals surface area contributed by atoms with Crippen LogP contribution in [0.2, 0.25) is 19.6 Å². The molecule has 6 heteroatoms. The van der Waals surface area contributed by atoms with Crippen LogP contribution < -0.4 is 5.19 Å². The van der Waals surface area contributed by atoms with Gasteiger partial charge in [-0.3, -0.25) is 0 Å². The first-order valence-electron chi connectivity index (χ1n) is 23.6. The van der Waals surface area contributed by atoms with Gasteiger partial charge in [0.05, 0.1) is 8.07 Å². The Morgan fingerprint density at radius 1 is 0.750 bits per heavy atom. The molecule has 8 aromatic rings. The van der Waals surface area contributed by atoms with E-state index in [4.69, 9.17) is 9.60 Å². The van der Waals surface area contributed by atoms with E-state index in [1.807, 2.05) is 32.0 Å². The third-order valence-electron chi connectivity index (χ3n) is 9.80. The number of hydrogen-bond acceptors (Lipinski definition) is 3. The Labute approximate surface area is 385 Å². The maximum Gasteiger partial charge on any atom is 0.0798 e. The van der Waals surface area contributed by atoms with Crippen molar-refractivity contribution in [3.8, 4) is 33.6 Å². The minimum Gasteiger partial charge on any atom is -0.305 e. The van der Waals surface area contributed by atoms with Gasteiger partial charge in [-0.25, -0.2) is 4.39 Å². The minimum atomic E-state index is -2.48. The molecule has 0 saturated carbocycles. The molecule has 309 valence electrons. The molecule has 3 aromatic heterocycles. The van der Waals surface area contributed by atoms with E-state index in [9.17, 15) is 4.39 Å². The molecule has 2 nitrogen and oxygen atoms in total. The number of fused-ring (bicyclic) bond motifs is 3. The van der Waals surface area contributed by atoms with Crippen molar-refractivity contribution >= 4 is 44.8 Å². The third kappa shape index (κ3) is 11.2. The van der Waals surface area contributed by atoms with Crippen LogP contribution in [0.25, 0.3) is 53.8 Å². The topological polar surface area (TPSA) is 25.8 Å². The molecule has 5 aromatic carbocycles. The second kappa shape index (κ2) is 19.0. The zero-order valence-electron chi connectivity index (χ0n) is 42.4. The monoisotopic (exact) mass is 1010 g/mol. The van der Waals surface area contributed by atoms with Crippen LogP contribution in [0.15, 0.2) is 128 Å². The smallest absolute Gasteiger partial charge is 0.0798 e. The van der Waals surface area contributed by atoms with Crippen LogP contribution >= 0.6 is 11.3 Å². The Hall–Kier alpha value is -4.58. The summed E-state index contributed by atoms with van der Waals surface area (Å²) >= 11 is 1.71. The largest absolute Gasteiger partial charge is 0.305 e. The predicted molar refractivity (Wildman–Crippen MR) is 254 cm³/mol. The summed E-state index contributed by atoms with van der Waals surface area (Å²) in [4.78, 5) is 8.94. The normalized spacial score (nSPS) is 14.1. The van der Waals surface area contributed by atoms with Gasteiger partial charge >= 0.3 is 0 Å². The molecule has 0 atom stereocenters. The van der Waals surface area contributed by atoms with Crippen LogP contribution in [0.1, 0.15) is 72.0 Å². The van der Waals surface area contributed by atoms with Gasteiger partial charge < -0.3 is 9.97 Å². The van der Waals surface area contributed by atoms with E-state index in [0.29, 0.717) is 28.1 Å². The van der Waals surface area contributed by atoms with Gasteiger partial charge in [-0.2, -0.15) is 11.3 Å². The summed E-state index contributed by atoms with van der Waals surface area (Å²) in [5.41, 5.74) is 7.16. The molecule has 0 N–H and O–H groups in total. The summed E-state index contributed by atoms with van der Waals surface area (Å²) in [5, 5.41) is 3.21. The Morgan fingerprint density at radius 2 is 1.45 bits per heavy atom. The number of hydrogen-bond donors (Lipinski definition) is 0. The standard InChI is InChI=1S/C36H32NS.C18H23FNSi.Ir/c1-24-23-37-33(20-30(24)22-36(2,3)4)29-14-16-34-32(19-29)31-15-13-28(21-35(31)38-34)27-12-8-11-26(18-27)17-25-9-6-5-7-10-25;1-13(2)9-15-11-17(14-7-6-8-16(19)10-14)20-12-18(15)21(3,4)5;/h5-13,15-16,18-21,23H,17,22H2,1-4H3;6,8,10-13H,9H2,1-5H3;/q2*-1;/i1D3,22D2;9D2;. The molecule has 0 aliphatic rings. The molecular formula is C54H55FIrN2SSi-2. The van der Waals surface area contributed by atoms with E-state index >= 15 is 0 Å². The number of benzene rings is 5. The summed E-state index contributed by atoms with van der Waals surface area (Å²) < 4.78 is 74.5. The zero-order valence-corrected chi connectivity index (χ0v) is 39.6. The zero-order chi connectivity index (χ0) is 48.0. The summed E-state index contributed by atoms with van der Waals surface area (Å²) in [6.45, 7) is 13.1. The number of halogens is 1. The van der Waals surface area contributed by atoms with Crippen molar-refractivity contribution in [2.75, 3.05) is 0 Å². The molecule has 3 heterocycles. The van der Waals surface area contributed by atoms with E-state index in [1.165, 1.54) is 45.8 Å². The van der Waals surface area contributed by atoms with Crippen molar-refractivity contribution in [3.63, 3.8) is 0 Å². The molecule has 1 radical (unpaired) electrons. The minimum absolute atomic E-state index is 0. The van der Waals surface area contributed by atoms with Crippen molar-refractivity contribution in [2.24, 2.45) is 11.3 Å². The number of rotatable bonds is 9. The van der Waals surface area contributed by atoms with Crippen molar-refractivity contribution in [2.45, 2.75) is 80.3 Å². The van der Waals surface area contributed by atoms with Crippen LogP contribution in [-0.4, -0.2) is 18.0 Å². The fraction of sp³-hybridized carbons (Fsp3) is 0.259. The van der Waals surface area contributed by atoms with Gasteiger partial charge in [0.25, 0.3) is 0 Å². The molecule has 60 heavy (non-hydrogen) atoms. The van der Waals surface area contributed by atoms with E-state index in [0.717, 1.165) is 32.6 Å². The van der Waals surface area contributed by atoms with E-state index in [1.54, 1.807) is 50.4 Å². The number of aromatic nitrogens is 2. The van der Waals surface area contributed by atoms with Crippen molar-refractivity contribution in [1.82, 2.24) is 9.97 Å². The Morgan fingerprint density at radius 3 is 2.15 bits per heavy atom. The molecule has 0 aliphatic carbocycles. The number of pyridine rings is 2. The molecule has 0 bridgehead atoms. The van der Waals surface area contributed by atoms with Gasteiger partial charge in [-0.15, -0.1) is 53.6 Å². The van der Waals surface area contributed by atoms with Gasteiger partial charge in [0, 0.05) is 52.6 Å². The second-order valence-corrected chi connectivity index (χ2v) is 23.5. The Bertz CT molecular complexity index is 3030. The Kier molecular flexibility index (Phi) is 11.4. The molecule has 0 amide bonds. The molecule has 0 spiro atoms. The predicted octanol–water partition coefficient (Wildman–Crippen LogP) is 14.5. The van der Waals surface area contributed by atoms with Crippen LogP contribution in [0, 0.1) is 36.1 Å². The van der Waals surface area contributed by atoms with E-state index in [-0.39, 0.29) is 43.0 Å². The van der Waals surface area contributed by atoms with Crippen molar-refractivity contribution < 1.29 is 34.1 Å². The van der Waals surface area contributed by atoms with Gasteiger partial charge in [0.15, 0.2) is 0 Å². The van der Waals surface area contributed by atoms with Crippen LogP contribution in [0.4, 0.5) is 4.39 Å². The average molecular weight is 1010 g/mol. The van der Waals surface area contributed by atoms with Gasteiger partial charge in [0.2, 0.25) is 0 Å². The molecule has 0 saturated heterocycles. The van der Waals surface area contributed by atoms with Crippen LogP contribution in [0.5, 0.6) is 0 Å². The van der Waals surface area contributed by atoms with Crippen LogP contribution in [0.3, 0.4) is 0 Å². The summed E-state index contributed by atoms with van der Waals surface area (Å²) in [5.74, 6) is -0.507. The molecule has 0 unspecified atom stereocenters. The number of aryl methyl sites for hydroxylation is 1. The first-order valence-corrected chi connectivity index (χ1v) is 24.4.